The van der Waals surface area contributed by atoms with E-state index in [0.29, 0.717) is 11.1 Å². The van der Waals surface area contributed by atoms with Crippen LogP contribution in [0.15, 0.2) is 55.3 Å². The van der Waals surface area contributed by atoms with Gasteiger partial charge in [-0.15, -0.1) is 0 Å². The molecule has 14 heavy (non-hydrogen) atoms. The third-order valence-corrected chi connectivity index (χ3v) is 1.87. The summed E-state index contributed by atoms with van der Waals surface area (Å²) in [6, 6.07) is 6.74. The van der Waals surface area contributed by atoms with Gasteiger partial charge >= 0.3 is 0 Å². The fourth-order valence-electron chi connectivity index (χ4n) is 1.16. The number of aliphatic hydroxyl groups is 1. The summed E-state index contributed by atoms with van der Waals surface area (Å²) in [6.45, 7) is 7.02. The Kier molecular flexibility index (Phi) is 3.13. The number of aromatic hydroxyl groups is 1. The molecule has 0 unspecified atom stereocenters. The first-order valence-electron chi connectivity index (χ1n) is 4.17. The number of phenols is 1. The van der Waals surface area contributed by atoms with Crippen LogP contribution in [0.1, 0.15) is 5.56 Å². The third-order valence-electron chi connectivity index (χ3n) is 1.87. The molecule has 0 aliphatic rings. The summed E-state index contributed by atoms with van der Waals surface area (Å²) < 4.78 is 0. The van der Waals surface area contributed by atoms with Gasteiger partial charge in [0.25, 0.3) is 0 Å². The molecule has 1 aromatic carbocycles. The summed E-state index contributed by atoms with van der Waals surface area (Å²) in [6.07, 6.45) is 2.79. The predicted molar refractivity (Wildman–Crippen MR) is 58.0 cm³/mol. The Balaban J connectivity index is 3.34. The Hall–Kier alpha value is -1.96. The summed E-state index contributed by atoms with van der Waals surface area (Å²) in [5.41, 5.74) is 1.01. The normalized spacial score (nSPS) is 11.7. The van der Waals surface area contributed by atoms with E-state index in [9.17, 15) is 10.2 Å². The van der Waals surface area contributed by atoms with Crippen LogP contribution in [0.2, 0.25) is 0 Å². The van der Waals surface area contributed by atoms with Gasteiger partial charge < -0.3 is 10.2 Å². The zero-order valence-electron chi connectivity index (χ0n) is 7.77. The zero-order chi connectivity index (χ0) is 10.6. The maximum atomic E-state index is 9.53. The van der Waals surface area contributed by atoms with Crippen LogP contribution in [0.5, 0.6) is 5.75 Å². The average Bonchev–Trinajstić information content (AvgIpc) is 2.21. The lowest BCUT2D eigenvalue weighted by molar-refractivity contribution is 0.434. The van der Waals surface area contributed by atoms with Gasteiger partial charge in [0.15, 0.2) is 0 Å². The first kappa shape index (κ1) is 10.1. The highest BCUT2D eigenvalue weighted by atomic mass is 16.3. The SMILES string of the molecule is C=C/C(O)=C(\C=C)c1ccccc1O. The molecule has 0 aliphatic carbocycles. The molecule has 0 aliphatic heterocycles. The molecule has 2 N–H and O–H groups in total. The minimum atomic E-state index is 0.00139. The fourth-order valence-corrected chi connectivity index (χ4v) is 1.16. The van der Waals surface area contributed by atoms with Crippen LogP contribution in [0.25, 0.3) is 5.57 Å². The topological polar surface area (TPSA) is 40.5 Å². The van der Waals surface area contributed by atoms with Crippen molar-refractivity contribution < 1.29 is 10.2 Å². The number of hydrogen-bond donors (Lipinski definition) is 2. The number of benzene rings is 1. The number of allylic oxidation sites excluding steroid dienone is 3. The molecule has 1 rings (SSSR count). The van der Waals surface area contributed by atoms with Gasteiger partial charge in [0.2, 0.25) is 0 Å². The predicted octanol–water partition coefficient (Wildman–Crippen LogP) is 3.03. The highest BCUT2D eigenvalue weighted by Crippen LogP contribution is 2.27. The van der Waals surface area contributed by atoms with Gasteiger partial charge in [0, 0.05) is 11.1 Å². The van der Waals surface area contributed by atoms with E-state index >= 15 is 0 Å². The van der Waals surface area contributed by atoms with E-state index in [1.54, 1.807) is 24.3 Å². The van der Waals surface area contributed by atoms with E-state index in [2.05, 4.69) is 13.2 Å². The molecule has 0 spiro atoms. The Morgan fingerprint density at radius 2 is 1.79 bits per heavy atom. The number of aliphatic hydroxyl groups excluding tert-OH is 1. The maximum Gasteiger partial charge on any atom is 0.123 e. The third kappa shape index (κ3) is 1.85. The summed E-state index contributed by atoms with van der Waals surface area (Å²) in [4.78, 5) is 0. The number of hydrogen-bond acceptors (Lipinski definition) is 2. The van der Waals surface area contributed by atoms with Gasteiger partial charge in [0.1, 0.15) is 11.5 Å². The molecule has 1 aromatic rings. The molecule has 0 aromatic heterocycles. The lowest BCUT2D eigenvalue weighted by Crippen LogP contribution is -1.86. The maximum absolute atomic E-state index is 9.53. The number of para-hydroxylation sites is 1. The van der Waals surface area contributed by atoms with Crippen LogP contribution in [-0.2, 0) is 0 Å². The van der Waals surface area contributed by atoms with Crippen LogP contribution >= 0.6 is 0 Å². The molecule has 2 heteroatoms. The molecule has 2 nitrogen and oxygen atoms in total. The summed E-state index contributed by atoms with van der Waals surface area (Å²) >= 11 is 0. The van der Waals surface area contributed by atoms with Crippen molar-refractivity contribution in [3.05, 3.63) is 60.9 Å². The first-order valence-corrected chi connectivity index (χ1v) is 4.17. The van der Waals surface area contributed by atoms with Crippen molar-refractivity contribution >= 4 is 5.57 Å². The Bertz CT molecular complexity index is 389. The van der Waals surface area contributed by atoms with Gasteiger partial charge in [-0.2, -0.15) is 0 Å². The summed E-state index contributed by atoms with van der Waals surface area (Å²) in [5.74, 6) is 0.109. The highest BCUT2D eigenvalue weighted by Gasteiger charge is 2.06. The fraction of sp³-hybridized carbons (Fsp3) is 0. The van der Waals surface area contributed by atoms with Crippen molar-refractivity contribution in [2.75, 3.05) is 0 Å². The molecule has 0 atom stereocenters. The van der Waals surface area contributed by atoms with E-state index in [1.165, 1.54) is 12.2 Å². The van der Waals surface area contributed by atoms with E-state index in [4.69, 9.17) is 0 Å². The lowest BCUT2D eigenvalue weighted by atomic mass is 10.0. The second-order valence-electron chi connectivity index (χ2n) is 2.72. The van der Waals surface area contributed by atoms with Crippen molar-refractivity contribution in [1.29, 1.82) is 0 Å². The zero-order valence-corrected chi connectivity index (χ0v) is 7.77. The van der Waals surface area contributed by atoms with Gasteiger partial charge in [-0.1, -0.05) is 37.4 Å². The average molecular weight is 188 g/mol. The smallest absolute Gasteiger partial charge is 0.123 e. The van der Waals surface area contributed by atoms with Gasteiger partial charge in [0.05, 0.1) is 0 Å². The highest BCUT2D eigenvalue weighted by molar-refractivity contribution is 5.79. The Morgan fingerprint density at radius 3 is 2.29 bits per heavy atom. The molecule has 0 saturated heterocycles. The molecule has 0 fully saturated rings. The molecule has 0 heterocycles. The molecular formula is C12H12O2. The van der Waals surface area contributed by atoms with Crippen LogP contribution in [-0.4, -0.2) is 10.2 Å². The largest absolute Gasteiger partial charge is 0.507 e. The number of phenolic OH excluding ortho intramolecular Hbond substituents is 1. The van der Waals surface area contributed by atoms with Crippen molar-refractivity contribution in [2.24, 2.45) is 0 Å². The van der Waals surface area contributed by atoms with Crippen LogP contribution in [0.3, 0.4) is 0 Å². The van der Waals surface area contributed by atoms with E-state index in [1.807, 2.05) is 0 Å². The molecule has 72 valence electrons. The molecule has 0 amide bonds. The van der Waals surface area contributed by atoms with E-state index in [-0.39, 0.29) is 11.5 Å². The summed E-state index contributed by atoms with van der Waals surface area (Å²) in [5, 5.41) is 19.0. The van der Waals surface area contributed by atoms with Gasteiger partial charge in [-0.05, 0) is 12.1 Å². The van der Waals surface area contributed by atoms with Crippen molar-refractivity contribution in [2.45, 2.75) is 0 Å². The molecular weight excluding hydrogens is 176 g/mol. The monoisotopic (exact) mass is 188 g/mol. The minimum Gasteiger partial charge on any atom is -0.507 e. The van der Waals surface area contributed by atoms with Crippen LogP contribution < -0.4 is 0 Å². The van der Waals surface area contributed by atoms with Crippen LogP contribution in [0.4, 0.5) is 0 Å². The Labute approximate surface area is 83.1 Å². The van der Waals surface area contributed by atoms with E-state index < -0.39 is 0 Å². The lowest BCUT2D eigenvalue weighted by Gasteiger charge is -2.05. The van der Waals surface area contributed by atoms with Gasteiger partial charge in [-0.25, -0.2) is 0 Å². The first-order chi connectivity index (χ1) is 6.70. The van der Waals surface area contributed by atoms with E-state index in [0.717, 1.165) is 0 Å². The standard InChI is InChI=1S/C12H12O2/c1-3-9(11(13)4-2)10-7-5-6-8-12(10)14/h3-8,13-14H,1-2H2/b11-9-. The second-order valence-corrected chi connectivity index (χ2v) is 2.72. The quantitative estimate of drug-likeness (QED) is 0.565. The number of rotatable bonds is 3. The molecule has 0 radical (unpaired) electrons. The van der Waals surface area contributed by atoms with Crippen molar-refractivity contribution in [3.8, 4) is 5.75 Å². The van der Waals surface area contributed by atoms with Crippen LogP contribution in [0, 0.1) is 0 Å². The molecule has 0 bridgehead atoms. The second kappa shape index (κ2) is 4.33. The van der Waals surface area contributed by atoms with Gasteiger partial charge in [-0.3, -0.25) is 0 Å². The Morgan fingerprint density at radius 1 is 1.14 bits per heavy atom. The summed E-state index contributed by atoms with van der Waals surface area (Å²) in [7, 11) is 0. The molecule has 0 saturated carbocycles. The minimum absolute atomic E-state index is 0.00139. The van der Waals surface area contributed by atoms with Crippen molar-refractivity contribution in [3.63, 3.8) is 0 Å². The van der Waals surface area contributed by atoms with Crippen molar-refractivity contribution in [1.82, 2.24) is 0 Å².